The molecule has 5 rings (SSSR count). The number of rotatable bonds is 4. The Hall–Kier alpha value is -3.39. The van der Waals surface area contributed by atoms with Crippen molar-refractivity contribution in [3.63, 3.8) is 0 Å². The molecule has 1 atom stereocenters. The summed E-state index contributed by atoms with van der Waals surface area (Å²) in [5.41, 5.74) is 4.31. The molecular formula is C23H22N6OS. The lowest BCUT2D eigenvalue weighted by Gasteiger charge is -2.18. The lowest BCUT2D eigenvalue weighted by molar-refractivity contribution is 0.102. The molecule has 7 nitrogen and oxygen atoms in total. The van der Waals surface area contributed by atoms with Crippen molar-refractivity contribution in [2.75, 3.05) is 23.3 Å². The van der Waals surface area contributed by atoms with Crippen LogP contribution in [0.25, 0.3) is 10.9 Å². The number of para-hydroxylation sites is 1. The Morgan fingerprint density at radius 2 is 1.94 bits per heavy atom. The number of thiazole rings is 1. The number of hydrogen-bond acceptors (Lipinski definition) is 7. The number of hydrogen-bond donors (Lipinski definition) is 1. The van der Waals surface area contributed by atoms with E-state index in [-0.39, 0.29) is 11.8 Å². The van der Waals surface area contributed by atoms with E-state index in [0.717, 1.165) is 53.4 Å². The summed E-state index contributed by atoms with van der Waals surface area (Å²) in [7, 11) is 0. The largest absolute Gasteiger partial charge is 0.340 e. The molecule has 4 heterocycles. The van der Waals surface area contributed by atoms with Crippen molar-refractivity contribution in [1.82, 2.24) is 19.9 Å². The van der Waals surface area contributed by atoms with E-state index in [1.165, 1.54) is 11.3 Å². The molecule has 8 heteroatoms. The molecule has 0 bridgehead atoms. The Morgan fingerprint density at radius 1 is 1.13 bits per heavy atom. The molecule has 1 aliphatic heterocycles. The van der Waals surface area contributed by atoms with Gasteiger partial charge in [0.25, 0.3) is 5.91 Å². The molecule has 1 N–H and O–H groups in total. The number of nitrogens with zero attached hydrogens (tertiary/aromatic N) is 5. The summed E-state index contributed by atoms with van der Waals surface area (Å²) in [6, 6.07) is 11.7. The van der Waals surface area contributed by atoms with Crippen molar-refractivity contribution in [2.24, 2.45) is 0 Å². The minimum atomic E-state index is -0.165. The fourth-order valence-electron chi connectivity index (χ4n) is 4.07. The third kappa shape index (κ3) is 3.98. The van der Waals surface area contributed by atoms with Gasteiger partial charge >= 0.3 is 0 Å². The Morgan fingerprint density at radius 3 is 2.71 bits per heavy atom. The summed E-state index contributed by atoms with van der Waals surface area (Å²) in [5.74, 6) is 0.810. The van der Waals surface area contributed by atoms with Gasteiger partial charge in [0.05, 0.1) is 11.1 Å². The number of nitrogens with one attached hydrogen (secondary N) is 1. The van der Waals surface area contributed by atoms with E-state index >= 15 is 0 Å². The molecule has 3 aromatic heterocycles. The van der Waals surface area contributed by atoms with Crippen molar-refractivity contribution >= 4 is 39.2 Å². The minimum Gasteiger partial charge on any atom is -0.340 e. The normalized spacial score (nSPS) is 16.1. The third-order valence-electron chi connectivity index (χ3n) is 5.49. The highest BCUT2D eigenvalue weighted by atomic mass is 32.1. The molecule has 0 radical (unpaired) electrons. The van der Waals surface area contributed by atoms with Crippen LogP contribution in [0.2, 0.25) is 0 Å². The molecule has 0 unspecified atom stereocenters. The van der Waals surface area contributed by atoms with E-state index in [2.05, 4.69) is 25.2 Å². The minimum absolute atomic E-state index is 0.165. The molecule has 4 aromatic rings. The van der Waals surface area contributed by atoms with E-state index in [4.69, 9.17) is 4.98 Å². The number of carbonyl (C=O) groups excluding carboxylic acids is 1. The van der Waals surface area contributed by atoms with Crippen LogP contribution >= 0.6 is 11.3 Å². The van der Waals surface area contributed by atoms with Crippen molar-refractivity contribution in [3.8, 4) is 0 Å². The van der Waals surface area contributed by atoms with E-state index in [1.54, 1.807) is 6.20 Å². The van der Waals surface area contributed by atoms with E-state index in [1.807, 2.05) is 55.6 Å². The van der Waals surface area contributed by atoms with E-state index < -0.39 is 0 Å². The van der Waals surface area contributed by atoms with Crippen LogP contribution in [0.1, 0.15) is 39.8 Å². The maximum Gasteiger partial charge on any atom is 0.258 e. The maximum absolute atomic E-state index is 13.1. The fourth-order valence-corrected chi connectivity index (χ4v) is 4.60. The van der Waals surface area contributed by atoms with Gasteiger partial charge in [-0.05, 0) is 38.5 Å². The molecule has 0 spiro atoms. The smallest absolute Gasteiger partial charge is 0.258 e. The van der Waals surface area contributed by atoms with Gasteiger partial charge in [-0.15, -0.1) is 11.3 Å². The number of anilines is 2. The standard InChI is InChI=1S/C23H22N6OS/c1-14-11-15(2)26-22(25-14)29-9-7-16(13-29)20-12-18(17-5-3-4-6-19(17)27-20)21(30)28-23-24-8-10-31-23/h3-6,8,10-12,16H,7,9,13H2,1-2H3,(H,24,28,30)/t16-/m1/s1. The Balaban J connectivity index is 1.47. The molecule has 1 fully saturated rings. The third-order valence-corrected chi connectivity index (χ3v) is 6.18. The number of amides is 1. The van der Waals surface area contributed by atoms with Crippen LogP contribution in [0.15, 0.2) is 48.0 Å². The highest BCUT2D eigenvalue weighted by Gasteiger charge is 2.28. The molecule has 31 heavy (non-hydrogen) atoms. The average molecular weight is 431 g/mol. The molecule has 1 aromatic carbocycles. The Bertz CT molecular complexity index is 1240. The lowest BCUT2D eigenvalue weighted by Crippen LogP contribution is -2.22. The van der Waals surface area contributed by atoms with Crippen LogP contribution in [0.4, 0.5) is 11.1 Å². The summed E-state index contributed by atoms with van der Waals surface area (Å²) < 4.78 is 0. The van der Waals surface area contributed by atoms with Gasteiger partial charge in [0.15, 0.2) is 5.13 Å². The van der Waals surface area contributed by atoms with Crippen molar-refractivity contribution < 1.29 is 4.79 Å². The topological polar surface area (TPSA) is 83.9 Å². The molecule has 1 amide bonds. The van der Waals surface area contributed by atoms with Gasteiger partial charge in [0, 0.05) is 53.1 Å². The van der Waals surface area contributed by atoms with Gasteiger partial charge in [0.1, 0.15) is 0 Å². The second-order valence-corrected chi connectivity index (χ2v) is 8.68. The predicted octanol–water partition coefficient (Wildman–Crippen LogP) is 4.34. The average Bonchev–Trinajstić information content (AvgIpc) is 3.44. The van der Waals surface area contributed by atoms with Crippen molar-refractivity contribution in [3.05, 3.63) is 70.6 Å². The summed E-state index contributed by atoms with van der Waals surface area (Å²) in [6.45, 7) is 5.62. The van der Waals surface area contributed by atoms with Crippen LogP contribution < -0.4 is 10.2 Å². The molecule has 1 saturated heterocycles. The fraction of sp³-hybridized carbons (Fsp3) is 0.261. The van der Waals surface area contributed by atoms with Crippen LogP contribution in [0.3, 0.4) is 0 Å². The zero-order valence-corrected chi connectivity index (χ0v) is 18.2. The number of benzene rings is 1. The maximum atomic E-state index is 13.1. The lowest BCUT2D eigenvalue weighted by atomic mass is 9.99. The zero-order chi connectivity index (χ0) is 21.4. The first kappa shape index (κ1) is 19.6. The Kier molecular flexibility index (Phi) is 5.07. The molecule has 0 aliphatic carbocycles. The van der Waals surface area contributed by atoms with Gasteiger partial charge in [-0.3, -0.25) is 15.1 Å². The first-order valence-corrected chi connectivity index (χ1v) is 11.1. The summed E-state index contributed by atoms with van der Waals surface area (Å²) in [4.78, 5) is 33.5. The molecular weight excluding hydrogens is 408 g/mol. The predicted molar refractivity (Wildman–Crippen MR) is 123 cm³/mol. The SMILES string of the molecule is Cc1cc(C)nc(N2CC[C@@H](c3cc(C(=O)Nc4nccs4)c4ccccc4n3)C2)n1. The number of carbonyl (C=O) groups is 1. The molecule has 1 aliphatic rings. The molecule has 156 valence electrons. The van der Waals surface area contributed by atoms with Gasteiger partial charge in [0.2, 0.25) is 5.95 Å². The van der Waals surface area contributed by atoms with Crippen LogP contribution in [-0.2, 0) is 0 Å². The first-order valence-electron chi connectivity index (χ1n) is 10.2. The quantitative estimate of drug-likeness (QED) is 0.518. The Labute approximate surface area is 184 Å². The van der Waals surface area contributed by atoms with Gasteiger partial charge in [-0.2, -0.15) is 0 Å². The molecule has 0 saturated carbocycles. The van der Waals surface area contributed by atoms with E-state index in [9.17, 15) is 4.79 Å². The van der Waals surface area contributed by atoms with Gasteiger partial charge in [-0.1, -0.05) is 18.2 Å². The number of fused-ring (bicyclic) bond motifs is 1. The number of pyridine rings is 1. The number of aryl methyl sites for hydroxylation is 2. The first-order chi connectivity index (χ1) is 15.1. The van der Waals surface area contributed by atoms with Crippen LogP contribution in [0, 0.1) is 13.8 Å². The summed E-state index contributed by atoms with van der Waals surface area (Å²) in [6.07, 6.45) is 2.62. The van der Waals surface area contributed by atoms with Gasteiger partial charge < -0.3 is 4.90 Å². The second kappa shape index (κ2) is 8.03. The highest BCUT2D eigenvalue weighted by Crippen LogP contribution is 2.31. The van der Waals surface area contributed by atoms with Gasteiger partial charge in [-0.25, -0.2) is 15.0 Å². The summed E-state index contributed by atoms with van der Waals surface area (Å²) in [5, 5.41) is 6.18. The van der Waals surface area contributed by atoms with Crippen LogP contribution in [-0.4, -0.2) is 38.9 Å². The zero-order valence-electron chi connectivity index (χ0n) is 17.4. The second-order valence-electron chi connectivity index (χ2n) is 7.79. The van der Waals surface area contributed by atoms with Crippen molar-refractivity contribution in [2.45, 2.75) is 26.2 Å². The number of aromatic nitrogens is 4. The van der Waals surface area contributed by atoms with Crippen LogP contribution in [0.5, 0.6) is 0 Å². The highest BCUT2D eigenvalue weighted by molar-refractivity contribution is 7.13. The monoisotopic (exact) mass is 430 g/mol. The van der Waals surface area contributed by atoms with Crippen molar-refractivity contribution in [1.29, 1.82) is 0 Å². The summed E-state index contributed by atoms with van der Waals surface area (Å²) >= 11 is 1.40. The van der Waals surface area contributed by atoms with E-state index in [0.29, 0.717) is 10.7 Å².